The fourth-order valence-corrected chi connectivity index (χ4v) is 4.37. The molecule has 1 aromatic rings. The second-order valence-corrected chi connectivity index (χ2v) is 7.59. The number of amides is 2. The number of rotatable bonds is 8. The minimum absolute atomic E-state index is 0.0285. The van der Waals surface area contributed by atoms with Gasteiger partial charge in [0.05, 0.1) is 12.9 Å². The summed E-state index contributed by atoms with van der Waals surface area (Å²) in [5.74, 6) is -4.14. The largest absolute Gasteiger partial charge is 0.498 e. The summed E-state index contributed by atoms with van der Waals surface area (Å²) >= 11 is 1.97. The summed E-state index contributed by atoms with van der Waals surface area (Å²) in [6.07, 6.45) is 0. The molecule has 3 rings (SSSR count). The van der Waals surface area contributed by atoms with Crippen LogP contribution in [0.2, 0.25) is 0 Å². The van der Waals surface area contributed by atoms with Crippen LogP contribution in [0, 0.1) is 0 Å². The van der Waals surface area contributed by atoms with Crippen molar-refractivity contribution in [1.82, 2.24) is 19.6 Å². The van der Waals surface area contributed by atoms with Gasteiger partial charge < -0.3 is 30.8 Å². The number of nitrogens with one attached hydrogen (secondary N) is 1. The highest BCUT2D eigenvalue weighted by Crippen LogP contribution is 2.40. The quantitative estimate of drug-likeness (QED) is 0.195. The number of methoxy groups -OCH3 is 1. The highest BCUT2D eigenvalue weighted by Gasteiger charge is 2.55. The summed E-state index contributed by atoms with van der Waals surface area (Å²) in [6, 6.07) is -1.06. The molecule has 0 spiro atoms. The number of hydrogen-bond donors (Lipinski definition) is 4. The smallest absolute Gasteiger partial charge is 0.356 e. The van der Waals surface area contributed by atoms with Gasteiger partial charge in [0.2, 0.25) is 18.1 Å². The number of carboxylic acids is 2. The standard InChI is InChI=1S/C14H14N6O8S2/c1-27-4-3-29-12-7(11(24)20(12)8(4)13(25)26)16-10(23)6(18-28-2-5(21)22)9-17-14(15)30-19-9/h7,12H,2-3H2,1H3,(H,16,23)(H,21,22)(H,25,26)(H2,15,17,19)/t7?,12-/m0/s1. The average Bonchev–Trinajstić information content (AvgIpc) is 3.13. The molecule has 160 valence electrons. The van der Waals surface area contributed by atoms with Crippen molar-refractivity contribution in [1.29, 1.82) is 0 Å². The first-order valence-corrected chi connectivity index (χ1v) is 9.84. The van der Waals surface area contributed by atoms with Gasteiger partial charge in [-0.15, -0.1) is 11.8 Å². The zero-order chi connectivity index (χ0) is 22.0. The first-order chi connectivity index (χ1) is 14.2. The Labute approximate surface area is 175 Å². The van der Waals surface area contributed by atoms with Gasteiger partial charge in [-0.25, -0.2) is 9.59 Å². The number of nitrogens with two attached hydrogens (primary N) is 1. The van der Waals surface area contributed by atoms with Crippen LogP contribution in [0.15, 0.2) is 16.6 Å². The van der Waals surface area contributed by atoms with Gasteiger partial charge in [-0.3, -0.25) is 14.5 Å². The third kappa shape index (κ3) is 3.99. The predicted octanol–water partition coefficient (Wildman–Crippen LogP) is -1.73. The minimum atomic E-state index is -1.33. The number of oxime groups is 1. The Morgan fingerprint density at radius 2 is 2.13 bits per heavy atom. The molecular weight excluding hydrogens is 444 g/mol. The summed E-state index contributed by atoms with van der Waals surface area (Å²) in [4.78, 5) is 56.7. The first kappa shape index (κ1) is 21.3. The summed E-state index contributed by atoms with van der Waals surface area (Å²) in [5, 5.41) is 23.3. The number of carboxylic acid groups (broad SMARTS) is 2. The van der Waals surface area contributed by atoms with Gasteiger partial charge in [-0.2, -0.15) is 9.36 Å². The Balaban J connectivity index is 1.79. The van der Waals surface area contributed by atoms with Crippen molar-refractivity contribution in [2.45, 2.75) is 11.4 Å². The molecule has 5 N–H and O–H groups in total. The van der Waals surface area contributed by atoms with Gasteiger partial charge in [0.25, 0.3) is 11.8 Å². The van der Waals surface area contributed by atoms with Crippen LogP contribution >= 0.6 is 23.3 Å². The maximum absolute atomic E-state index is 12.7. The number of β-lactam (4-membered cyclic amide) rings is 1. The highest BCUT2D eigenvalue weighted by molar-refractivity contribution is 8.00. The molecule has 1 unspecified atom stereocenters. The number of nitrogen functional groups attached to an aromatic ring is 1. The summed E-state index contributed by atoms with van der Waals surface area (Å²) < 4.78 is 8.86. The number of ether oxygens (including phenoxy) is 1. The van der Waals surface area contributed by atoms with Gasteiger partial charge in [0, 0.05) is 11.5 Å². The molecule has 3 heterocycles. The molecule has 0 aliphatic carbocycles. The molecule has 2 aliphatic heterocycles. The van der Waals surface area contributed by atoms with E-state index in [0.717, 1.165) is 16.4 Å². The van der Waals surface area contributed by atoms with E-state index in [1.54, 1.807) is 0 Å². The van der Waals surface area contributed by atoms with E-state index in [1.165, 1.54) is 18.9 Å². The number of thioether (sulfide) groups is 1. The van der Waals surface area contributed by atoms with Crippen LogP contribution in [-0.4, -0.2) is 84.8 Å². The van der Waals surface area contributed by atoms with E-state index >= 15 is 0 Å². The highest BCUT2D eigenvalue weighted by atomic mass is 32.2. The third-order valence-corrected chi connectivity index (χ3v) is 5.68. The van der Waals surface area contributed by atoms with Gasteiger partial charge >= 0.3 is 11.9 Å². The molecule has 2 aliphatic rings. The molecule has 0 bridgehead atoms. The Hall–Kier alpha value is -3.40. The Bertz CT molecular complexity index is 975. The van der Waals surface area contributed by atoms with Crippen LogP contribution in [0.5, 0.6) is 0 Å². The fourth-order valence-electron chi connectivity index (χ4n) is 2.62. The van der Waals surface area contributed by atoms with E-state index in [-0.39, 0.29) is 28.2 Å². The molecule has 2 amide bonds. The lowest BCUT2D eigenvalue weighted by atomic mass is 10.0. The average molecular weight is 458 g/mol. The van der Waals surface area contributed by atoms with E-state index in [2.05, 4.69) is 24.7 Å². The topological polar surface area (TPSA) is 207 Å². The molecule has 14 nitrogen and oxygen atoms in total. The van der Waals surface area contributed by atoms with Crippen molar-refractivity contribution >= 4 is 57.9 Å². The molecule has 1 aromatic heterocycles. The second-order valence-electron chi connectivity index (χ2n) is 5.71. The van der Waals surface area contributed by atoms with Crippen molar-refractivity contribution in [3.05, 3.63) is 17.3 Å². The van der Waals surface area contributed by atoms with Gasteiger partial charge in [0.1, 0.15) is 17.2 Å². The number of hydrogen-bond acceptors (Lipinski definition) is 12. The van der Waals surface area contributed by atoms with Gasteiger partial charge in [-0.05, 0) is 0 Å². The molecular formula is C14H14N6O8S2. The monoisotopic (exact) mass is 458 g/mol. The Morgan fingerprint density at radius 3 is 2.70 bits per heavy atom. The van der Waals surface area contributed by atoms with Crippen LogP contribution in [0.3, 0.4) is 0 Å². The molecule has 0 radical (unpaired) electrons. The molecule has 16 heteroatoms. The molecule has 1 fully saturated rings. The first-order valence-electron chi connectivity index (χ1n) is 8.01. The molecule has 30 heavy (non-hydrogen) atoms. The normalized spacial score (nSPS) is 20.9. The van der Waals surface area contributed by atoms with Crippen LogP contribution in [-0.2, 0) is 28.8 Å². The Kier molecular flexibility index (Phi) is 6.06. The summed E-state index contributed by atoms with van der Waals surface area (Å²) in [7, 11) is 1.30. The van der Waals surface area contributed by atoms with E-state index in [9.17, 15) is 24.3 Å². The van der Waals surface area contributed by atoms with Crippen LogP contribution in [0.1, 0.15) is 5.82 Å². The van der Waals surface area contributed by atoms with E-state index in [4.69, 9.17) is 15.6 Å². The minimum Gasteiger partial charge on any atom is -0.498 e. The van der Waals surface area contributed by atoms with Crippen molar-refractivity contribution < 1.29 is 39.0 Å². The summed E-state index contributed by atoms with van der Waals surface area (Å²) in [5.41, 5.74) is 4.73. The van der Waals surface area contributed by atoms with E-state index < -0.39 is 47.5 Å². The lowest BCUT2D eigenvalue weighted by Crippen LogP contribution is -2.71. The number of nitrogens with zero attached hydrogens (tertiary/aromatic N) is 4. The molecule has 1 saturated heterocycles. The number of aromatic nitrogens is 2. The van der Waals surface area contributed by atoms with Gasteiger partial charge in [0.15, 0.2) is 10.8 Å². The zero-order valence-corrected chi connectivity index (χ0v) is 16.7. The van der Waals surface area contributed by atoms with Crippen molar-refractivity contribution in [3.63, 3.8) is 0 Å². The number of anilines is 1. The van der Waals surface area contributed by atoms with Crippen LogP contribution in [0.25, 0.3) is 0 Å². The number of fused-ring (bicyclic) bond motifs is 1. The number of aliphatic carboxylic acids is 2. The number of carbonyl (C=O) groups is 4. The predicted molar refractivity (Wildman–Crippen MR) is 101 cm³/mol. The van der Waals surface area contributed by atoms with Crippen molar-refractivity contribution in [2.75, 3.05) is 25.2 Å². The third-order valence-electron chi connectivity index (χ3n) is 3.88. The van der Waals surface area contributed by atoms with E-state index in [0.29, 0.717) is 0 Å². The Morgan fingerprint density at radius 1 is 1.40 bits per heavy atom. The van der Waals surface area contributed by atoms with E-state index in [1.807, 2.05) is 0 Å². The summed E-state index contributed by atoms with van der Waals surface area (Å²) in [6.45, 7) is -0.822. The maximum atomic E-state index is 12.7. The lowest BCUT2D eigenvalue weighted by molar-refractivity contribution is -0.150. The van der Waals surface area contributed by atoms with Crippen molar-refractivity contribution in [2.24, 2.45) is 5.16 Å². The van der Waals surface area contributed by atoms with Gasteiger partial charge in [-0.1, -0.05) is 5.16 Å². The number of carbonyl (C=O) groups excluding carboxylic acids is 2. The zero-order valence-electron chi connectivity index (χ0n) is 15.1. The fraction of sp³-hybridized carbons (Fsp3) is 0.357. The molecule has 0 saturated carbocycles. The molecule has 2 atom stereocenters. The lowest BCUT2D eigenvalue weighted by Gasteiger charge is -2.48. The maximum Gasteiger partial charge on any atom is 0.356 e. The SMILES string of the molecule is COC1=C(C(=O)O)N2C(=O)C(NC(=O)C(=NOCC(=O)O)c3nsc(N)n3)[C@@H]2SC1. The second kappa shape index (κ2) is 8.54. The van der Waals surface area contributed by atoms with Crippen LogP contribution in [0.4, 0.5) is 5.13 Å². The van der Waals surface area contributed by atoms with Crippen LogP contribution < -0.4 is 11.1 Å². The van der Waals surface area contributed by atoms with Crippen molar-refractivity contribution in [3.8, 4) is 0 Å². The molecule has 0 aromatic carbocycles.